The molecule has 0 unspecified atom stereocenters. The van der Waals surface area contributed by atoms with Gasteiger partial charge in [0.15, 0.2) is 22.3 Å². The fourth-order valence-corrected chi connectivity index (χ4v) is 5.83. The van der Waals surface area contributed by atoms with Crippen molar-refractivity contribution in [2.45, 2.75) is 109 Å². The van der Waals surface area contributed by atoms with Crippen molar-refractivity contribution in [1.29, 1.82) is 0 Å². The smallest absolute Gasteiger partial charge is 0.328 e. The largest absolute Gasteiger partial charge is 0.413 e. The first kappa shape index (κ1) is 27.9. The van der Waals surface area contributed by atoms with Gasteiger partial charge in [-0.1, -0.05) is 48.1 Å². The van der Waals surface area contributed by atoms with Crippen LogP contribution in [0.5, 0.6) is 0 Å². The van der Waals surface area contributed by atoms with Crippen molar-refractivity contribution >= 4 is 16.6 Å². The van der Waals surface area contributed by atoms with Gasteiger partial charge in [0, 0.05) is 18.2 Å². The highest BCUT2D eigenvalue weighted by Gasteiger charge is 2.57. The van der Waals surface area contributed by atoms with Crippen LogP contribution in [0.4, 0.5) is 4.39 Å². The maximum atomic E-state index is 17.0. The van der Waals surface area contributed by atoms with Gasteiger partial charge < -0.3 is 8.85 Å². The van der Waals surface area contributed by atoms with E-state index in [1.54, 1.807) is 6.92 Å². The van der Waals surface area contributed by atoms with Crippen molar-refractivity contribution in [2.75, 3.05) is 6.61 Å². The molecule has 1 aliphatic rings. The van der Waals surface area contributed by atoms with Crippen LogP contribution in [0.3, 0.4) is 0 Å². The SMILES string of the molecule is C=C1[C@@H](n2cc(C)c(=O)[nH]c2=O)C[C@H](O[Si](C)(C)C(C)(C)C)[C@@]1(F)CO[Si](C)(C)C(C)(C)C. The summed E-state index contributed by atoms with van der Waals surface area (Å²) >= 11 is 0. The summed E-state index contributed by atoms with van der Waals surface area (Å²) in [5.41, 5.74) is -2.31. The molecule has 0 aliphatic heterocycles. The lowest BCUT2D eigenvalue weighted by Crippen LogP contribution is -2.52. The van der Waals surface area contributed by atoms with Crippen molar-refractivity contribution in [3.8, 4) is 0 Å². The standard InChI is InChI=1S/C24H43FN2O4Si2/c1-16-14-27(21(29)26-20(16)28)18-13-19(31-33(11,12)23(6,7)8)24(25,17(18)2)15-30-32(9,10)22(3,4)5/h14,18-19H,2,13,15H2,1,3-12H3,(H,26,28,29)/t18-,19-,24+/m0/s1. The molecule has 1 fully saturated rings. The van der Waals surface area contributed by atoms with Gasteiger partial charge >= 0.3 is 5.69 Å². The molecule has 0 spiro atoms. The van der Waals surface area contributed by atoms with E-state index >= 15 is 4.39 Å². The number of nitrogens with zero attached hydrogens (tertiary/aromatic N) is 1. The molecule has 3 atom stereocenters. The molecule has 0 radical (unpaired) electrons. The number of aryl methyl sites for hydroxylation is 1. The number of H-pyrrole nitrogens is 1. The van der Waals surface area contributed by atoms with Gasteiger partial charge in [0.05, 0.1) is 18.8 Å². The number of aromatic amines is 1. The van der Waals surface area contributed by atoms with Crippen LogP contribution in [0, 0.1) is 6.92 Å². The van der Waals surface area contributed by atoms with Crippen molar-refractivity contribution in [2.24, 2.45) is 0 Å². The number of nitrogens with one attached hydrogen (secondary N) is 1. The molecule has 2 rings (SSSR count). The van der Waals surface area contributed by atoms with Crippen molar-refractivity contribution in [1.82, 2.24) is 9.55 Å². The van der Waals surface area contributed by atoms with Crippen LogP contribution in [-0.4, -0.2) is 44.6 Å². The van der Waals surface area contributed by atoms with Crippen LogP contribution in [0.1, 0.15) is 59.6 Å². The highest BCUT2D eigenvalue weighted by Crippen LogP contribution is 2.50. The highest BCUT2D eigenvalue weighted by atomic mass is 28.4. The summed E-state index contributed by atoms with van der Waals surface area (Å²) in [7, 11) is -4.58. The quantitative estimate of drug-likeness (QED) is 0.417. The normalized spacial score (nSPS) is 25.0. The molecule has 1 heterocycles. The Kier molecular flexibility index (Phi) is 7.39. The summed E-state index contributed by atoms with van der Waals surface area (Å²) < 4.78 is 31.3. The number of halogens is 1. The molecule has 0 aromatic carbocycles. The zero-order chi connectivity index (χ0) is 25.8. The molecule has 1 aromatic heterocycles. The van der Waals surface area contributed by atoms with Crippen LogP contribution in [0.15, 0.2) is 27.9 Å². The van der Waals surface area contributed by atoms with Gasteiger partial charge in [-0.3, -0.25) is 14.3 Å². The molecule has 1 aliphatic carbocycles. The molecule has 33 heavy (non-hydrogen) atoms. The Morgan fingerprint density at radius 1 is 1.12 bits per heavy atom. The van der Waals surface area contributed by atoms with E-state index in [2.05, 4.69) is 79.3 Å². The fourth-order valence-electron chi connectivity index (χ4n) is 3.48. The van der Waals surface area contributed by atoms with Gasteiger partial charge in [0.2, 0.25) is 0 Å². The number of hydrogen-bond acceptors (Lipinski definition) is 4. The summed E-state index contributed by atoms with van der Waals surface area (Å²) in [6.45, 7) is 26.6. The van der Waals surface area contributed by atoms with E-state index in [1.807, 2.05) is 0 Å². The minimum Gasteiger partial charge on any atom is -0.413 e. The van der Waals surface area contributed by atoms with Crippen LogP contribution >= 0.6 is 0 Å². The summed E-state index contributed by atoms with van der Waals surface area (Å²) in [4.78, 5) is 26.8. The van der Waals surface area contributed by atoms with E-state index in [0.717, 1.165) is 0 Å². The maximum absolute atomic E-state index is 17.0. The molecule has 1 saturated carbocycles. The highest BCUT2D eigenvalue weighted by molar-refractivity contribution is 6.74. The summed E-state index contributed by atoms with van der Waals surface area (Å²) in [6, 6.07) is -0.629. The van der Waals surface area contributed by atoms with Gasteiger partial charge in [-0.15, -0.1) is 0 Å². The molecular formula is C24H43FN2O4Si2. The van der Waals surface area contributed by atoms with E-state index in [1.165, 1.54) is 10.8 Å². The molecule has 0 bridgehead atoms. The lowest BCUT2D eigenvalue weighted by molar-refractivity contribution is 0.00839. The molecule has 1 aromatic rings. The minimum atomic E-state index is -2.33. The molecule has 9 heteroatoms. The van der Waals surface area contributed by atoms with Crippen LogP contribution in [0.25, 0.3) is 0 Å². The Morgan fingerprint density at radius 2 is 1.64 bits per heavy atom. The maximum Gasteiger partial charge on any atom is 0.328 e. The summed E-state index contributed by atoms with van der Waals surface area (Å²) in [6.07, 6.45) is 0.953. The van der Waals surface area contributed by atoms with E-state index in [4.69, 9.17) is 8.85 Å². The lowest BCUT2D eigenvalue weighted by atomic mass is 9.99. The Bertz CT molecular complexity index is 1020. The second kappa shape index (κ2) is 8.73. The van der Waals surface area contributed by atoms with Crippen LogP contribution in [0.2, 0.25) is 36.3 Å². The van der Waals surface area contributed by atoms with Gasteiger partial charge in [-0.25, -0.2) is 9.18 Å². The third kappa shape index (κ3) is 5.36. The number of aromatic nitrogens is 2. The number of rotatable bonds is 6. The van der Waals surface area contributed by atoms with Gasteiger partial charge in [0.25, 0.3) is 5.56 Å². The van der Waals surface area contributed by atoms with E-state index < -0.39 is 45.7 Å². The molecule has 188 valence electrons. The predicted molar refractivity (Wildman–Crippen MR) is 138 cm³/mol. The predicted octanol–water partition coefficient (Wildman–Crippen LogP) is 5.47. The average Bonchev–Trinajstić information content (AvgIpc) is 2.86. The van der Waals surface area contributed by atoms with Crippen molar-refractivity contribution in [3.63, 3.8) is 0 Å². The molecule has 0 amide bonds. The third-order valence-electron chi connectivity index (χ3n) is 8.06. The molecule has 6 nitrogen and oxygen atoms in total. The number of hydrogen-bond donors (Lipinski definition) is 1. The first-order chi connectivity index (χ1) is 14.6. The zero-order valence-electron chi connectivity index (χ0n) is 22.3. The second-order valence-corrected chi connectivity index (χ2v) is 22.1. The topological polar surface area (TPSA) is 73.3 Å². The van der Waals surface area contributed by atoms with Gasteiger partial charge in [-0.05, 0) is 48.8 Å². The average molecular weight is 499 g/mol. The Morgan fingerprint density at radius 3 is 2.12 bits per heavy atom. The Hall–Kier alpha value is -1.30. The first-order valence-corrected chi connectivity index (χ1v) is 17.5. The number of alkyl halides is 1. The van der Waals surface area contributed by atoms with E-state index in [0.29, 0.717) is 5.56 Å². The Balaban J connectivity index is 2.53. The van der Waals surface area contributed by atoms with Crippen molar-refractivity contribution < 1.29 is 13.2 Å². The Labute approximate surface area is 199 Å². The van der Waals surface area contributed by atoms with Crippen molar-refractivity contribution in [3.05, 3.63) is 44.8 Å². The van der Waals surface area contributed by atoms with Gasteiger partial charge in [-0.2, -0.15) is 0 Å². The molecular weight excluding hydrogens is 455 g/mol. The third-order valence-corrected chi connectivity index (χ3v) is 17.0. The van der Waals surface area contributed by atoms with Gasteiger partial charge in [0.1, 0.15) is 0 Å². The first-order valence-electron chi connectivity index (χ1n) is 11.7. The summed E-state index contributed by atoms with van der Waals surface area (Å²) in [5.74, 6) is 0. The molecule has 1 N–H and O–H groups in total. The molecule has 0 saturated heterocycles. The van der Waals surface area contributed by atoms with E-state index in [-0.39, 0.29) is 28.7 Å². The minimum absolute atomic E-state index is 0.0779. The fraction of sp³-hybridized carbons (Fsp3) is 0.750. The zero-order valence-corrected chi connectivity index (χ0v) is 24.3. The van der Waals surface area contributed by atoms with Crippen LogP contribution < -0.4 is 11.2 Å². The second-order valence-electron chi connectivity index (χ2n) is 12.5. The lowest BCUT2D eigenvalue weighted by Gasteiger charge is -2.43. The van der Waals surface area contributed by atoms with E-state index in [9.17, 15) is 9.59 Å². The monoisotopic (exact) mass is 498 g/mol. The summed E-state index contributed by atoms with van der Waals surface area (Å²) in [5, 5.41) is -0.190. The van der Waals surface area contributed by atoms with Crippen LogP contribution in [-0.2, 0) is 8.85 Å².